The number of Topliss-reactive ketones (excluding diaryl/α,β-unsaturated/α-hetero) is 1. The van der Waals surface area contributed by atoms with Gasteiger partial charge in [-0.05, 0) is 31.4 Å². The number of ether oxygens (including phenoxy) is 1. The topological polar surface area (TPSA) is 68.5 Å². The predicted molar refractivity (Wildman–Crippen MR) is 81.3 cm³/mol. The number of aryl methyl sites for hydroxylation is 1. The molecule has 21 heavy (non-hydrogen) atoms. The Morgan fingerprint density at radius 1 is 1.33 bits per heavy atom. The predicted octanol–water partition coefficient (Wildman–Crippen LogP) is 1.80. The molecule has 114 valence electrons. The summed E-state index contributed by atoms with van der Waals surface area (Å²) in [6.07, 6.45) is 5.74. The number of pyridine rings is 1. The van der Waals surface area contributed by atoms with Gasteiger partial charge in [0, 0.05) is 19.3 Å². The van der Waals surface area contributed by atoms with Gasteiger partial charge in [0.25, 0.3) is 0 Å². The third-order valence-electron chi connectivity index (χ3n) is 4.77. The number of nitrogens with zero attached hydrogens (tertiary/aromatic N) is 2. The lowest BCUT2D eigenvalue weighted by Gasteiger charge is -2.42. The van der Waals surface area contributed by atoms with Crippen LogP contribution < -0.4 is 5.73 Å². The number of nitrogens with two attached hydrogens (primary N) is 1. The van der Waals surface area contributed by atoms with E-state index in [2.05, 4.69) is 9.88 Å². The Labute approximate surface area is 125 Å². The normalized spacial score (nSPS) is 22.3. The van der Waals surface area contributed by atoms with Crippen molar-refractivity contribution in [2.75, 3.05) is 32.0 Å². The first-order valence-corrected chi connectivity index (χ1v) is 7.73. The van der Waals surface area contributed by atoms with Crippen LogP contribution in [0, 0.1) is 6.92 Å². The summed E-state index contributed by atoms with van der Waals surface area (Å²) in [5.41, 5.74) is 7.14. The molecule has 2 heterocycles. The van der Waals surface area contributed by atoms with E-state index in [-0.39, 0.29) is 5.78 Å². The molecule has 0 amide bonds. The molecule has 0 radical (unpaired) electrons. The molecule has 1 saturated heterocycles. The van der Waals surface area contributed by atoms with Gasteiger partial charge in [0.1, 0.15) is 5.82 Å². The number of carbonyl (C=O) groups excluding carboxylic acids is 1. The summed E-state index contributed by atoms with van der Waals surface area (Å²) >= 11 is 0. The summed E-state index contributed by atoms with van der Waals surface area (Å²) in [7, 11) is 0. The van der Waals surface area contributed by atoms with E-state index in [1.807, 2.05) is 13.0 Å². The average Bonchev–Trinajstić information content (AvgIpc) is 3.01. The van der Waals surface area contributed by atoms with Crippen LogP contribution in [0.4, 0.5) is 5.82 Å². The van der Waals surface area contributed by atoms with Gasteiger partial charge in [-0.3, -0.25) is 9.69 Å². The average molecular weight is 289 g/mol. The first-order chi connectivity index (χ1) is 10.1. The van der Waals surface area contributed by atoms with Crippen molar-refractivity contribution in [2.45, 2.75) is 38.1 Å². The first kappa shape index (κ1) is 14.5. The summed E-state index contributed by atoms with van der Waals surface area (Å²) in [6, 6.07) is 1.88. The summed E-state index contributed by atoms with van der Waals surface area (Å²) in [5, 5.41) is 0. The van der Waals surface area contributed by atoms with Crippen LogP contribution in [0.15, 0.2) is 12.3 Å². The third kappa shape index (κ3) is 2.56. The summed E-state index contributed by atoms with van der Waals surface area (Å²) in [4.78, 5) is 19.7. The highest BCUT2D eigenvalue weighted by molar-refractivity contribution is 6.06. The van der Waals surface area contributed by atoms with Gasteiger partial charge in [-0.1, -0.05) is 12.8 Å². The van der Waals surface area contributed by atoms with Gasteiger partial charge in [-0.25, -0.2) is 4.98 Å². The van der Waals surface area contributed by atoms with Gasteiger partial charge in [-0.15, -0.1) is 0 Å². The van der Waals surface area contributed by atoms with Crippen LogP contribution in [0.2, 0.25) is 0 Å². The summed E-state index contributed by atoms with van der Waals surface area (Å²) in [5.74, 6) is 0.501. The zero-order valence-corrected chi connectivity index (χ0v) is 12.6. The molecule has 0 bridgehead atoms. The number of nitrogen functional groups attached to an aromatic ring is 1. The van der Waals surface area contributed by atoms with E-state index >= 15 is 0 Å². The van der Waals surface area contributed by atoms with Crippen molar-refractivity contribution < 1.29 is 9.53 Å². The van der Waals surface area contributed by atoms with Crippen LogP contribution in [-0.4, -0.2) is 47.5 Å². The molecule has 1 aliphatic heterocycles. The molecule has 0 aromatic carbocycles. The van der Waals surface area contributed by atoms with Crippen molar-refractivity contribution in [3.8, 4) is 0 Å². The molecule has 1 aromatic heterocycles. The van der Waals surface area contributed by atoms with E-state index < -0.39 is 5.54 Å². The number of morpholine rings is 1. The minimum Gasteiger partial charge on any atom is -0.383 e. The second-order valence-electron chi connectivity index (χ2n) is 6.11. The number of rotatable bonds is 3. The standard InChI is InChI=1S/C16H23N3O2/c1-12-10-13(15(17)18-11-12)14(20)16(4-2-3-5-16)19-6-8-21-9-7-19/h10-11H,2-9H2,1H3,(H2,17,18). The lowest BCUT2D eigenvalue weighted by Crippen LogP contribution is -2.56. The van der Waals surface area contributed by atoms with Crippen molar-refractivity contribution in [1.82, 2.24) is 9.88 Å². The molecule has 2 aliphatic rings. The highest BCUT2D eigenvalue weighted by Gasteiger charge is 2.47. The number of hydrogen-bond donors (Lipinski definition) is 1. The van der Waals surface area contributed by atoms with Gasteiger partial charge < -0.3 is 10.5 Å². The Morgan fingerprint density at radius 2 is 2.00 bits per heavy atom. The number of carbonyl (C=O) groups is 1. The molecular formula is C16H23N3O2. The van der Waals surface area contributed by atoms with E-state index in [4.69, 9.17) is 10.5 Å². The first-order valence-electron chi connectivity index (χ1n) is 7.73. The van der Waals surface area contributed by atoms with Crippen LogP contribution >= 0.6 is 0 Å². The maximum absolute atomic E-state index is 13.2. The van der Waals surface area contributed by atoms with E-state index in [0.29, 0.717) is 24.6 Å². The van der Waals surface area contributed by atoms with Gasteiger partial charge in [0.15, 0.2) is 5.78 Å². The SMILES string of the molecule is Cc1cnc(N)c(C(=O)C2(N3CCOCC3)CCCC2)c1. The Bertz CT molecular complexity index is 532. The smallest absolute Gasteiger partial charge is 0.186 e. The van der Waals surface area contributed by atoms with Crippen molar-refractivity contribution in [2.24, 2.45) is 0 Å². The number of anilines is 1. The molecule has 5 heteroatoms. The van der Waals surface area contributed by atoms with Crippen molar-refractivity contribution in [1.29, 1.82) is 0 Å². The minimum atomic E-state index is -0.395. The highest BCUT2D eigenvalue weighted by Crippen LogP contribution is 2.39. The number of ketones is 1. The minimum absolute atomic E-state index is 0.149. The monoisotopic (exact) mass is 289 g/mol. The maximum Gasteiger partial charge on any atom is 0.186 e. The van der Waals surface area contributed by atoms with Crippen molar-refractivity contribution in [3.05, 3.63) is 23.4 Å². The zero-order chi connectivity index (χ0) is 14.9. The largest absolute Gasteiger partial charge is 0.383 e. The third-order valence-corrected chi connectivity index (χ3v) is 4.77. The second-order valence-corrected chi connectivity index (χ2v) is 6.11. The molecule has 0 atom stereocenters. The number of aromatic nitrogens is 1. The fraction of sp³-hybridized carbons (Fsp3) is 0.625. The Kier molecular flexibility index (Phi) is 3.95. The Hall–Kier alpha value is -1.46. The fourth-order valence-corrected chi connectivity index (χ4v) is 3.65. The van der Waals surface area contributed by atoms with Crippen LogP contribution in [0.25, 0.3) is 0 Å². The molecular weight excluding hydrogens is 266 g/mol. The molecule has 1 aromatic rings. The van der Waals surface area contributed by atoms with Gasteiger partial charge >= 0.3 is 0 Å². The molecule has 3 rings (SSSR count). The summed E-state index contributed by atoms with van der Waals surface area (Å²) < 4.78 is 5.44. The van der Waals surface area contributed by atoms with Crippen molar-refractivity contribution in [3.63, 3.8) is 0 Å². The Balaban J connectivity index is 1.96. The van der Waals surface area contributed by atoms with Gasteiger partial charge in [0.05, 0.1) is 24.3 Å². The van der Waals surface area contributed by atoms with E-state index in [1.165, 1.54) is 0 Å². The Morgan fingerprint density at radius 3 is 2.67 bits per heavy atom. The van der Waals surface area contributed by atoms with Gasteiger partial charge in [-0.2, -0.15) is 0 Å². The van der Waals surface area contributed by atoms with Crippen LogP contribution in [-0.2, 0) is 4.74 Å². The van der Waals surface area contributed by atoms with E-state index in [9.17, 15) is 4.79 Å². The second kappa shape index (κ2) is 5.73. The van der Waals surface area contributed by atoms with E-state index in [1.54, 1.807) is 6.20 Å². The molecule has 0 spiro atoms. The van der Waals surface area contributed by atoms with Crippen LogP contribution in [0.3, 0.4) is 0 Å². The number of hydrogen-bond acceptors (Lipinski definition) is 5. The molecule has 2 fully saturated rings. The highest BCUT2D eigenvalue weighted by atomic mass is 16.5. The molecule has 5 nitrogen and oxygen atoms in total. The molecule has 0 unspecified atom stereocenters. The lowest BCUT2D eigenvalue weighted by molar-refractivity contribution is -0.0130. The fourth-order valence-electron chi connectivity index (χ4n) is 3.65. The van der Waals surface area contributed by atoms with Gasteiger partial charge in [0.2, 0.25) is 0 Å². The quantitative estimate of drug-likeness (QED) is 0.859. The summed E-state index contributed by atoms with van der Waals surface area (Å²) in [6.45, 7) is 5.00. The van der Waals surface area contributed by atoms with Crippen LogP contribution in [0.1, 0.15) is 41.6 Å². The zero-order valence-electron chi connectivity index (χ0n) is 12.6. The molecule has 1 saturated carbocycles. The van der Waals surface area contributed by atoms with E-state index in [0.717, 1.165) is 44.3 Å². The molecule has 2 N–H and O–H groups in total. The molecule has 1 aliphatic carbocycles. The van der Waals surface area contributed by atoms with Crippen LogP contribution in [0.5, 0.6) is 0 Å². The van der Waals surface area contributed by atoms with Crippen molar-refractivity contribution >= 4 is 11.6 Å². The maximum atomic E-state index is 13.2. The lowest BCUT2D eigenvalue weighted by atomic mass is 9.85.